The van der Waals surface area contributed by atoms with Crippen molar-refractivity contribution in [2.45, 2.75) is 6.42 Å². The van der Waals surface area contributed by atoms with E-state index in [0.29, 0.717) is 11.4 Å². The first-order chi connectivity index (χ1) is 10.3. The fourth-order valence-electron chi connectivity index (χ4n) is 2.03. The van der Waals surface area contributed by atoms with Gasteiger partial charge in [0.15, 0.2) is 0 Å². The van der Waals surface area contributed by atoms with Gasteiger partial charge >= 0.3 is 0 Å². The van der Waals surface area contributed by atoms with E-state index >= 15 is 0 Å². The number of rotatable bonds is 4. The molecule has 0 unspecified atom stereocenters. The minimum atomic E-state index is -0.0616. The number of nitrogens with zero attached hydrogens (tertiary/aromatic N) is 2. The van der Waals surface area contributed by atoms with Gasteiger partial charge in [-0.05, 0) is 16.7 Å². The Labute approximate surface area is 126 Å². The average molecular weight is 295 g/mol. The topological polar surface area (TPSA) is 54.9 Å². The van der Waals surface area contributed by atoms with Crippen LogP contribution < -0.4 is 5.32 Å². The summed E-state index contributed by atoms with van der Waals surface area (Å²) in [5, 5.41) is 7.12. The van der Waals surface area contributed by atoms with E-state index in [4.69, 9.17) is 0 Å². The van der Waals surface area contributed by atoms with Crippen LogP contribution in [0.3, 0.4) is 0 Å². The Bertz CT molecular complexity index is 709. The van der Waals surface area contributed by atoms with E-state index in [1.54, 1.807) is 6.20 Å². The predicted molar refractivity (Wildman–Crippen MR) is 84.1 cm³/mol. The maximum absolute atomic E-state index is 11.9. The van der Waals surface area contributed by atoms with Crippen molar-refractivity contribution in [3.63, 3.8) is 0 Å². The van der Waals surface area contributed by atoms with Gasteiger partial charge < -0.3 is 5.32 Å². The Morgan fingerprint density at radius 3 is 2.38 bits per heavy atom. The van der Waals surface area contributed by atoms with Crippen molar-refractivity contribution >= 4 is 22.4 Å². The van der Waals surface area contributed by atoms with E-state index in [1.165, 1.54) is 17.1 Å². The highest BCUT2D eigenvalue weighted by atomic mass is 32.1. The zero-order valence-corrected chi connectivity index (χ0v) is 12.0. The van der Waals surface area contributed by atoms with Crippen molar-refractivity contribution in [1.82, 2.24) is 9.59 Å². The number of aromatic nitrogens is 2. The third kappa shape index (κ3) is 3.52. The number of nitrogens with one attached hydrogen (secondary N) is 1. The molecule has 0 fully saturated rings. The van der Waals surface area contributed by atoms with Gasteiger partial charge in [-0.15, -0.1) is 5.10 Å². The highest BCUT2D eigenvalue weighted by Gasteiger charge is 2.06. The minimum absolute atomic E-state index is 0.0616. The van der Waals surface area contributed by atoms with Gasteiger partial charge in [0.25, 0.3) is 0 Å². The van der Waals surface area contributed by atoms with Crippen molar-refractivity contribution in [1.29, 1.82) is 0 Å². The highest BCUT2D eigenvalue weighted by Crippen LogP contribution is 2.19. The van der Waals surface area contributed by atoms with Gasteiger partial charge in [-0.3, -0.25) is 4.79 Å². The summed E-state index contributed by atoms with van der Waals surface area (Å²) in [6.07, 6.45) is 1.88. The Morgan fingerprint density at radius 2 is 1.71 bits per heavy atom. The molecule has 1 N–H and O–H groups in total. The second-order valence-electron chi connectivity index (χ2n) is 4.57. The van der Waals surface area contributed by atoms with Crippen LogP contribution in [0.4, 0.5) is 5.00 Å². The maximum atomic E-state index is 11.9. The zero-order valence-electron chi connectivity index (χ0n) is 11.2. The van der Waals surface area contributed by atoms with Gasteiger partial charge in [0.2, 0.25) is 5.91 Å². The Kier molecular flexibility index (Phi) is 4.02. The summed E-state index contributed by atoms with van der Waals surface area (Å²) in [5.41, 5.74) is 3.29. The van der Waals surface area contributed by atoms with E-state index in [1.807, 2.05) is 42.5 Å². The van der Waals surface area contributed by atoms with Gasteiger partial charge in [-0.1, -0.05) is 59.1 Å². The van der Waals surface area contributed by atoms with Gasteiger partial charge in [0.05, 0.1) is 12.6 Å². The molecule has 5 heteroatoms. The van der Waals surface area contributed by atoms with E-state index in [0.717, 1.165) is 11.1 Å². The molecule has 3 aromatic rings. The first-order valence-corrected chi connectivity index (χ1v) is 7.30. The zero-order chi connectivity index (χ0) is 14.5. The third-order valence-electron chi connectivity index (χ3n) is 3.05. The molecule has 0 bridgehead atoms. The van der Waals surface area contributed by atoms with Crippen molar-refractivity contribution in [3.05, 3.63) is 66.4 Å². The molecule has 0 radical (unpaired) electrons. The number of hydrogen-bond acceptors (Lipinski definition) is 4. The Balaban J connectivity index is 1.66. The lowest BCUT2D eigenvalue weighted by Crippen LogP contribution is -2.13. The van der Waals surface area contributed by atoms with Crippen molar-refractivity contribution in [2.75, 3.05) is 5.32 Å². The largest absolute Gasteiger partial charge is 0.315 e. The quantitative estimate of drug-likeness (QED) is 0.802. The normalized spacial score (nSPS) is 10.3. The molecular weight excluding hydrogens is 282 g/mol. The number of anilines is 1. The van der Waals surface area contributed by atoms with Gasteiger partial charge in [-0.25, -0.2) is 0 Å². The molecule has 1 aromatic heterocycles. The molecule has 0 atom stereocenters. The number of benzene rings is 2. The molecule has 104 valence electrons. The Morgan fingerprint density at radius 1 is 1.00 bits per heavy atom. The number of carbonyl (C=O) groups excluding carboxylic acids is 1. The number of carbonyl (C=O) groups is 1. The van der Waals surface area contributed by atoms with Crippen LogP contribution in [-0.4, -0.2) is 15.5 Å². The van der Waals surface area contributed by atoms with Crippen molar-refractivity contribution in [3.8, 4) is 11.1 Å². The molecule has 0 spiro atoms. The maximum Gasteiger partial charge on any atom is 0.229 e. The second kappa shape index (κ2) is 6.28. The van der Waals surface area contributed by atoms with E-state index in [2.05, 4.69) is 27.0 Å². The first-order valence-electron chi connectivity index (χ1n) is 6.53. The van der Waals surface area contributed by atoms with Crippen molar-refractivity contribution in [2.24, 2.45) is 0 Å². The fourth-order valence-corrected chi connectivity index (χ4v) is 2.47. The van der Waals surface area contributed by atoms with Crippen LogP contribution in [0.2, 0.25) is 0 Å². The summed E-state index contributed by atoms with van der Waals surface area (Å²) in [6, 6.07) is 18.2. The lowest BCUT2D eigenvalue weighted by Gasteiger charge is -2.05. The molecule has 0 aliphatic carbocycles. The lowest BCUT2D eigenvalue weighted by molar-refractivity contribution is -0.115. The standard InChI is InChI=1S/C16H13N3OS/c20-15(18-16-11-17-19-21-16)10-12-6-8-14(9-7-12)13-4-2-1-3-5-13/h1-9,11H,10H2,(H,18,20). The molecule has 4 nitrogen and oxygen atoms in total. The first kappa shape index (κ1) is 13.5. The van der Waals surface area contributed by atoms with E-state index < -0.39 is 0 Å². The van der Waals surface area contributed by atoms with Gasteiger partial charge in [-0.2, -0.15) is 0 Å². The van der Waals surface area contributed by atoms with Gasteiger partial charge in [0.1, 0.15) is 5.00 Å². The summed E-state index contributed by atoms with van der Waals surface area (Å²) >= 11 is 1.17. The Hall–Kier alpha value is -2.53. The molecule has 2 aromatic carbocycles. The third-order valence-corrected chi connectivity index (χ3v) is 3.63. The molecule has 0 aliphatic rings. The molecule has 0 saturated carbocycles. The van der Waals surface area contributed by atoms with Crippen LogP contribution in [0.1, 0.15) is 5.56 Å². The second-order valence-corrected chi connectivity index (χ2v) is 5.36. The summed E-state index contributed by atoms with van der Waals surface area (Å²) in [6.45, 7) is 0. The summed E-state index contributed by atoms with van der Waals surface area (Å²) in [4.78, 5) is 11.9. The monoisotopic (exact) mass is 295 g/mol. The summed E-state index contributed by atoms with van der Waals surface area (Å²) in [5.74, 6) is -0.0616. The van der Waals surface area contributed by atoms with Crippen LogP contribution in [0.15, 0.2) is 60.8 Å². The molecule has 3 rings (SSSR count). The van der Waals surface area contributed by atoms with E-state index in [9.17, 15) is 4.79 Å². The fraction of sp³-hybridized carbons (Fsp3) is 0.0625. The van der Waals surface area contributed by atoms with Crippen molar-refractivity contribution < 1.29 is 4.79 Å². The number of hydrogen-bond donors (Lipinski definition) is 1. The summed E-state index contributed by atoms with van der Waals surface area (Å²) < 4.78 is 3.70. The summed E-state index contributed by atoms with van der Waals surface area (Å²) in [7, 11) is 0. The average Bonchev–Trinajstić information content (AvgIpc) is 3.02. The lowest BCUT2D eigenvalue weighted by atomic mass is 10.0. The highest BCUT2D eigenvalue weighted by molar-refractivity contribution is 7.10. The SMILES string of the molecule is O=C(Cc1ccc(-c2ccccc2)cc1)Nc1cnns1. The number of amides is 1. The van der Waals surface area contributed by atoms with Crippen LogP contribution in [-0.2, 0) is 11.2 Å². The van der Waals surface area contributed by atoms with E-state index in [-0.39, 0.29) is 5.91 Å². The minimum Gasteiger partial charge on any atom is -0.315 e. The van der Waals surface area contributed by atoms with Gasteiger partial charge in [0, 0.05) is 11.5 Å². The van der Waals surface area contributed by atoms with Crippen LogP contribution in [0.5, 0.6) is 0 Å². The molecule has 0 aliphatic heterocycles. The molecule has 1 heterocycles. The smallest absolute Gasteiger partial charge is 0.229 e. The van der Waals surface area contributed by atoms with Crippen LogP contribution in [0.25, 0.3) is 11.1 Å². The molecular formula is C16H13N3OS. The molecule has 1 amide bonds. The molecule has 0 saturated heterocycles. The van der Waals surface area contributed by atoms with Crippen LogP contribution in [0, 0.1) is 0 Å². The molecule has 21 heavy (non-hydrogen) atoms. The predicted octanol–water partition coefficient (Wildman–Crippen LogP) is 3.39. The van der Waals surface area contributed by atoms with Crippen LogP contribution >= 0.6 is 11.5 Å².